The van der Waals surface area contributed by atoms with Crippen molar-refractivity contribution in [2.75, 3.05) is 7.11 Å². The van der Waals surface area contributed by atoms with E-state index < -0.39 is 0 Å². The molecule has 4 heteroatoms. The Balaban J connectivity index is 2.23. The summed E-state index contributed by atoms with van der Waals surface area (Å²) >= 11 is 0. The highest BCUT2D eigenvalue weighted by molar-refractivity contribution is 5.98. The Morgan fingerprint density at radius 1 is 1.35 bits per heavy atom. The van der Waals surface area contributed by atoms with Crippen LogP contribution >= 0.6 is 0 Å². The van der Waals surface area contributed by atoms with Crippen LogP contribution in [0.3, 0.4) is 0 Å². The minimum atomic E-state index is -0.331. The van der Waals surface area contributed by atoms with Gasteiger partial charge >= 0.3 is 0 Å². The van der Waals surface area contributed by atoms with Crippen molar-refractivity contribution in [3.63, 3.8) is 0 Å². The number of aliphatic imine (C=N–C) groups is 1. The summed E-state index contributed by atoms with van der Waals surface area (Å²) in [6, 6.07) is 5.12. The van der Waals surface area contributed by atoms with Crippen LogP contribution in [0.2, 0.25) is 0 Å². The highest BCUT2D eigenvalue weighted by atomic mass is 16.5. The van der Waals surface area contributed by atoms with E-state index >= 15 is 0 Å². The third-order valence-corrected chi connectivity index (χ3v) is 3.30. The molecular formula is C16H19NO3. The number of benzene rings is 1. The summed E-state index contributed by atoms with van der Waals surface area (Å²) in [5, 5.41) is 0. The van der Waals surface area contributed by atoms with Crippen LogP contribution in [-0.4, -0.2) is 25.0 Å². The average Bonchev–Trinajstić information content (AvgIpc) is 2.97. The zero-order valence-corrected chi connectivity index (χ0v) is 11.9. The second-order valence-electron chi connectivity index (χ2n) is 4.72. The van der Waals surface area contributed by atoms with Crippen molar-refractivity contribution < 1.29 is 14.3 Å². The van der Waals surface area contributed by atoms with Crippen molar-refractivity contribution in [3.05, 3.63) is 29.8 Å². The van der Waals surface area contributed by atoms with E-state index in [2.05, 4.69) is 10.9 Å². The van der Waals surface area contributed by atoms with Crippen LogP contribution in [0.1, 0.15) is 43.0 Å². The first-order valence-corrected chi connectivity index (χ1v) is 6.87. The van der Waals surface area contributed by atoms with Crippen molar-refractivity contribution in [2.45, 2.75) is 38.7 Å². The molecule has 0 heterocycles. The Labute approximate surface area is 119 Å². The second-order valence-corrected chi connectivity index (χ2v) is 4.72. The third-order valence-electron chi connectivity index (χ3n) is 3.30. The van der Waals surface area contributed by atoms with E-state index in [1.54, 1.807) is 38.3 Å². The van der Waals surface area contributed by atoms with Gasteiger partial charge < -0.3 is 9.47 Å². The van der Waals surface area contributed by atoms with E-state index in [0.717, 1.165) is 12.8 Å². The Morgan fingerprint density at radius 3 is 2.75 bits per heavy atom. The van der Waals surface area contributed by atoms with Crippen molar-refractivity contribution in [3.8, 4) is 11.5 Å². The van der Waals surface area contributed by atoms with E-state index in [4.69, 9.17) is 9.47 Å². The molecule has 0 aliphatic heterocycles. The topological polar surface area (TPSA) is 47.9 Å². The van der Waals surface area contributed by atoms with E-state index in [0.29, 0.717) is 17.1 Å². The molecule has 106 valence electrons. The Hall–Kier alpha value is -2.06. The van der Waals surface area contributed by atoms with Gasteiger partial charge in [-0.25, -0.2) is 0 Å². The number of rotatable bonds is 4. The molecule has 1 saturated carbocycles. The molecule has 1 aliphatic carbocycles. The lowest BCUT2D eigenvalue weighted by Crippen LogP contribution is -2.12. The molecule has 0 unspecified atom stereocenters. The van der Waals surface area contributed by atoms with Gasteiger partial charge in [-0.15, -0.1) is 0 Å². The largest absolute Gasteiger partial charge is 0.493 e. The summed E-state index contributed by atoms with van der Waals surface area (Å²) in [4.78, 5) is 15.5. The predicted molar refractivity (Wildman–Crippen MR) is 77.9 cm³/mol. The quantitative estimate of drug-likeness (QED) is 0.790. The van der Waals surface area contributed by atoms with Gasteiger partial charge in [0.25, 0.3) is 5.91 Å². The standard InChI is InChI=1S/C16H19NO3/c1-3-10-17-16(18)12-8-9-14(19-2)15(11-12)20-13-6-4-5-7-13/h3,8-9,11,13H,4-7H2,1-2H3. The zero-order chi connectivity index (χ0) is 14.4. The summed E-state index contributed by atoms with van der Waals surface area (Å²) in [7, 11) is 1.59. The monoisotopic (exact) mass is 273 g/mol. The molecule has 0 radical (unpaired) electrons. The van der Waals surface area contributed by atoms with Crippen molar-refractivity contribution >= 4 is 11.8 Å². The van der Waals surface area contributed by atoms with Crippen molar-refractivity contribution in [1.29, 1.82) is 0 Å². The molecule has 2 rings (SSSR count). The van der Waals surface area contributed by atoms with Crippen molar-refractivity contribution in [2.24, 2.45) is 4.99 Å². The van der Waals surface area contributed by atoms with Crippen LogP contribution in [0.15, 0.2) is 29.3 Å². The molecule has 1 fully saturated rings. The molecule has 0 bridgehead atoms. The van der Waals surface area contributed by atoms with Gasteiger partial charge in [-0.3, -0.25) is 4.79 Å². The number of methoxy groups -OCH3 is 1. The number of carbonyl (C=O) groups is 1. The van der Waals surface area contributed by atoms with Crippen molar-refractivity contribution in [1.82, 2.24) is 0 Å². The number of hydrogen-bond donors (Lipinski definition) is 0. The van der Waals surface area contributed by atoms with Gasteiger partial charge in [0.15, 0.2) is 11.5 Å². The SMILES string of the molecule is CC=C=NC(=O)c1ccc(OC)c(OC2CCCC2)c1. The molecule has 1 aromatic rings. The smallest absolute Gasteiger partial charge is 0.285 e. The molecular weight excluding hydrogens is 254 g/mol. The third kappa shape index (κ3) is 3.49. The van der Waals surface area contributed by atoms with E-state index in [9.17, 15) is 4.79 Å². The fourth-order valence-corrected chi connectivity index (χ4v) is 2.28. The maximum absolute atomic E-state index is 11.8. The van der Waals surface area contributed by atoms with Gasteiger partial charge in [0.05, 0.1) is 13.2 Å². The highest BCUT2D eigenvalue weighted by Gasteiger charge is 2.19. The number of nitrogens with zero attached hydrogens (tertiary/aromatic N) is 1. The van der Waals surface area contributed by atoms with Crippen LogP contribution in [0.5, 0.6) is 11.5 Å². The minimum Gasteiger partial charge on any atom is -0.493 e. The molecule has 0 N–H and O–H groups in total. The Bertz CT molecular complexity index is 539. The fourth-order valence-electron chi connectivity index (χ4n) is 2.28. The van der Waals surface area contributed by atoms with E-state index in [1.165, 1.54) is 12.8 Å². The van der Waals surface area contributed by atoms with Crippen LogP contribution < -0.4 is 9.47 Å². The molecule has 0 aromatic heterocycles. The first-order chi connectivity index (χ1) is 9.74. The van der Waals surface area contributed by atoms with Crippen LogP contribution in [0, 0.1) is 0 Å². The first-order valence-electron chi connectivity index (χ1n) is 6.87. The van der Waals surface area contributed by atoms with E-state index in [1.807, 2.05) is 0 Å². The number of hydrogen-bond acceptors (Lipinski definition) is 3. The summed E-state index contributed by atoms with van der Waals surface area (Å²) in [6.45, 7) is 1.76. The molecule has 4 nitrogen and oxygen atoms in total. The first kappa shape index (κ1) is 14.4. The van der Waals surface area contributed by atoms with E-state index in [-0.39, 0.29) is 12.0 Å². The Kier molecular flexibility index (Phi) is 4.97. The maximum atomic E-state index is 11.8. The number of amides is 1. The van der Waals surface area contributed by atoms with Gasteiger partial charge in [-0.2, -0.15) is 4.99 Å². The fraction of sp³-hybridized carbons (Fsp3) is 0.438. The van der Waals surface area contributed by atoms with Gasteiger partial charge in [-0.1, -0.05) is 0 Å². The number of allylic oxidation sites excluding steroid dienone is 1. The normalized spacial score (nSPS) is 14.5. The molecule has 1 aliphatic rings. The van der Waals surface area contributed by atoms with Gasteiger partial charge in [0.2, 0.25) is 0 Å². The summed E-state index contributed by atoms with van der Waals surface area (Å²) in [5.74, 6) is 3.47. The predicted octanol–water partition coefficient (Wildman–Crippen LogP) is 3.40. The van der Waals surface area contributed by atoms with Gasteiger partial charge in [0, 0.05) is 5.56 Å². The molecule has 0 atom stereocenters. The Morgan fingerprint density at radius 2 is 2.10 bits per heavy atom. The lowest BCUT2D eigenvalue weighted by molar-refractivity contribution is 0.100. The zero-order valence-electron chi connectivity index (χ0n) is 11.9. The molecule has 0 spiro atoms. The molecule has 1 amide bonds. The lowest BCUT2D eigenvalue weighted by Gasteiger charge is -2.16. The van der Waals surface area contributed by atoms with Crippen LogP contribution in [-0.2, 0) is 0 Å². The number of carbonyl (C=O) groups excluding carboxylic acids is 1. The average molecular weight is 273 g/mol. The van der Waals surface area contributed by atoms with Gasteiger partial charge in [0.1, 0.15) is 0 Å². The molecule has 0 saturated heterocycles. The molecule has 1 aromatic carbocycles. The summed E-state index contributed by atoms with van der Waals surface area (Å²) in [6.07, 6.45) is 6.30. The summed E-state index contributed by atoms with van der Waals surface area (Å²) < 4.78 is 11.2. The second kappa shape index (κ2) is 6.92. The lowest BCUT2D eigenvalue weighted by atomic mass is 10.2. The molecule has 20 heavy (non-hydrogen) atoms. The highest BCUT2D eigenvalue weighted by Crippen LogP contribution is 2.32. The van der Waals surface area contributed by atoms with Crippen LogP contribution in [0.25, 0.3) is 0 Å². The number of ether oxygens (including phenoxy) is 2. The van der Waals surface area contributed by atoms with Crippen LogP contribution in [0.4, 0.5) is 0 Å². The minimum absolute atomic E-state index is 0.216. The summed E-state index contributed by atoms with van der Waals surface area (Å²) in [5.41, 5.74) is 0.480. The van der Waals surface area contributed by atoms with Gasteiger partial charge in [-0.05, 0) is 62.8 Å². The maximum Gasteiger partial charge on any atom is 0.285 e.